The standard InChI is InChI=1S/C15H14Cl2F2N2/c16-12-3-1-2-10(15(12)19)8-11(21-20)6-9-4-5-14(18)13(17)7-9/h1-5,7,11,21H,6,8,20H2. The Morgan fingerprint density at radius 2 is 1.81 bits per heavy atom. The van der Waals surface area contributed by atoms with Crippen LogP contribution in [-0.4, -0.2) is 6.04 Å². The smallest absolute Gasteiger partial charge is 0.145 e. The van der Waals surface area contributed by atoms with Crippen molar-refractivity contribution in [2.45, 2.75) is 18.9 Å². The number of hydrazine groups is 1. The summed E-state index contributed by atoms with van der Waals surface area (Å²) >= 11 is 11.5. The van der Waals surface area contributed by atoms with Gasteiger partial charge in [0.1, 0.15) is 11.6 Å². The van der Waals surface area contributed by atoms with Crippen molar-refractivity contribution < 1.29 is 8.78 Å². The minimum Gasteiger partial charge on any atom is -0.271 e. The summed E-state index contributed by atoms with van der Waals surface area (Å²) in [5, 5.41) is 0.130. The van der Waals surface area contributed by atoms with Crippen molar-refractivity contribution in [3.8, 4) is 0 Å². The molecule has 6 heteroatoms. The van der Waals surface area contributed by atoms with Crippen molar-refractivity contribution in [3.05, 3.63) is 69.2 Å². The van der Waals surface area contributed by atoms with Crippen molar-refractivity contribution in [3.63, 3.8) is 0 Å². The molecule has 21 heavy (non-hydrogen) atoms. The molecule has 0 aromatic heterocycles. The van der Waals surface area contributed by atoms with Crippen LogP contribution in [0.4, 0.5) is 8.78 Å². The zero-order valence-corrected chi connectivity index (χ0v) is 12.6. The van der Waals surface area contributed by atoms with E-state index in [1.165, 1.54) is 18.2 Å². The molecule has 0 aliphatic carbocycles. The van der Waals surface area contributed by atoms with E-state index in [0.717, 1.165) is 5.56 Å². The van der Waals surface area contributed by atoms with E-state index in [9.17, 15) is 8.78 Å². The molecular formula is C15H14Cl2F2N2. The van der Waals surface area contributed by atoms with Crippen LogP contribution in [-0.2, 0) is 12.8 Å². The minimum absolute atomic E-state index is 0.0530. The topological polar surface area (TPSA) is 38.0 Å². The molecule has 0 fully saturated rings. The van der Waals surface area contributed by atoms with E-state index in [-0.39, 0.29) is 16.1 Å². The Hall–Kier alpha value is -1.20. The molecule has 2 rings (SSSR count). The Bertz CT molecular complexity index is 635. The van der Waals surface area contributed by atoms with Crippen molar-refractivity contribution in [1.29, 1.82) is 0 Å². The van der Waals surface area contributed by atoms with E-state index in [0.29, 0.717) is 18.4 Å². The number of nitrogens with two attached hydrogens (primary N) is 1. The Kier molecular flexibility index (Phi) is 5.53. The molecule has 1 unspecified atom stereocenters. The summed E-state index contributed by atoms with van der Waals surface area (Å²) in [6, 6.07) is 9.07. The fraction of sp³-hybridized carbons (Fsp3) is 0.200. The van der Waals surface area contributed by atoms with Gasteiger partial charge in [0.25, 0.3) is 0 Å². The molecule has 0 amide bonds. The molecule has 0 aliphatic rings. The molecule has 1 atom stereocenters. The second kappa shape index (κ2) is 7.18. The first-order valence-electron chi connectivity index (χ1n) is 6.34. The Morgan fingerprint density at radius 3 is 2.48 bits per heavy atom. The average molecular weight is 331 g/mol. The third-order valence-corrected chi connectivity index (χ3v) is 3.78. The maximum atomic E-state index is 13.9. The molecule has 0 saturated carbocycles. The predicted octanol–water partition coefficient (Wildman–Crippen LogP) is 3.89. The maximum absolute atomic E-state index is 13.9. The van der Waals surface area contributed by atoms with Crippen LogP contribution in [0, 0.1) is 11.6 Å². The van der Waals surface area contributed by atoms with Crippen LogP contribution in [0.25, 0.3) is 0 Å². The molecule has 0 saturated heterocycles. The van der Waals surface area contributed by atoms with E-state index in [1.807, 2.05) is 0 Å². The van der Waals surface area contributed by atoms with Gasteiger partial charge in [-0.05, 0) is 42.2 Å². The largest absolute Gasteiger partial charge is 0.271 e. The van der Waals surface area contributed by atoms with Gasteiger partial charge in [-0.15, -0.1) is 0 Å². The highest BCUT2D eigenvalue weighted by Crippen LogP contribution is 2.21. The highest BCUT2D eigenvalue weighted by Gasteiger charge is 2.14. The summed E-state index contributed by atoms with van der Waals surface area (Å²) in [6.07, 6.45) is 0.848. The highest BCUT2D eigenvalue weighted by atomic mass is 35.5. The predicted molar refractivity (Wildman–Crippen MR) is 81.3 cm³/mol. The first-order valence-corrected chi connectivity index (χ1v) is 7.09. The summed E-state index contributed by atoms with van der Waals surface area (Å²) in [6.45, 7) is 0. The van der Waals surface area contributed by atoms with Crippen LogP contribution in [0.1, 0.15) is 11.1 Å². The zero-order valence-electron chi connectivity index (χ0n) is 11.0. The van der Waals surface area contributed by atoms with Gasteiger partial charge in [-0.1, -0.05) is 41.4 Å². The minimum atomic E-state index is -0.474. The van der Waals surface area contributed by atoms with E-state index < -0.39 is 11.6 Å². The summed E-state index contributed by atoms with van der Waals surface area (Å²) in [5.74, 6) is 4.59. The lowest BCUT2D eigenvalue weighted by atomic mass is 9.99. The van der Waals surface area contributed by atoms with Crippen molar-refractivity contribution >= 4 is 23.2 Å². The second-order valence-electron chi connectivity index (χ2n) is 4.73. The number of rotatable bonds is 5. The molecule has 2 aromatic carbocycles. The molecule has 0 heterocycles. The van der Waals surface area contributed by atoms with Gasteiger partial charge in [0.2, 0.25) is 0 Å². The zero-order chi connectivity index (χ0) is 15.4. The Morgan fingerprint density at radius 1 is 1.05 bits per heavy atom. The quantitative estimate of drug-likeness (QED) is 0.644. The highest BCUT2D eigenvalue weighted by molar-refractivity contribution is 6.31. The van der Waals surface area contributed by atoms with Crippen molar-refractivity contribution in [1.82, 2.24) is 5.43 Å². The van der Waals surface area contributed by atoms with Gasteiger partial charge in [-0.2, -0.15) is 0 Å². The van der Waals surface area contributed by atoms with Crippen LogP contribution in [0.15, 0.2) is 36.4 Å². The van der Waals surface area contributed by atoms with Crippen molar-refractivity contribution in [2.75, 3.05) is 0 Å². The number of nitrogens with one attached hydrogen (secondary N) is 1. The van der Waals surface area contributed by atoms with E-state index in [1.54, 1.807) is 18.2 Å². The molecule has 3 N–H and O–H groups in total. The Balaban J connectivity index is 2.13. The SMILES string of the molecule is NNC(Cc1ccc(F)c(Cl)c1)Cc1cccc(Cl)c1F. The van der Waals surface area contributed by atoms with Crippen LogP contribution in [0.2, 0.25) is 10.0 Å². The van der Waals surface area contributed by atoms with Gasteiger partial charge in [-0.3, -0.25) is 11.3 Å². The Labute approximate surface area is 131 Å². The number of benzene rings is 2. The summed E-state index contributed by atoms with van der Waals surface area (Å²) in [5.41, 5.74) is 3.92. The monoisotopic (exact) mass is 330 g/mol. The van der Waals surface area contributed by atoms with Gasteiger partial charge >= 0.3 is 0 Å². The number of hydrogen-bond acceptors (Lipinski definition) is 2. The maximum Gasteiger partial charge on any atom is 0.145 e. The fourth-order valence-corrected chi connectivity index (χ4v) is 2.51. The summed E-state index contributed by atoms with van der Waals surface area (Å²) < 4.78 is 27.0. The van der Waals surface area contributed by atoms with Gasteiger partial charge in [0.05, 0.1) is 10.0 Å². The van der Waals surface area contributed by atoms with Gasteiger partial charge < -0.3 is 0 Å². The van der Waals surface area contributed by atoms with Crippen LogP contribution >= 0.6 is 23.2 Å². The molecule has 0 spiro atoms. The van der Waals surface area contributed by atoms with Gasteiger partial charge in [0, 0.05) is 6.04 Å². The number of halogens is 4. The lowest BCUT2D eigenvalue weighted by molar-refractivity contribution is 0.506. The molecule has 0 aliphatic heterocycles. The summed E-state index contributed by atoms with van der Waals surface area (Å²) in [7, 11) is 0. The first kappa shape index (κ1) is 16.2. The van der Waals surface area contributed by atoms with E-state index in [4.69, 9.17) is 29.0 Å². The van der Waals surface area contributed by atoms with Crippen LogP contribution in [0.3, 0.4) is 0 Å². The molecule has 0 radical (unpaired) electrons. The third kappa shape index (κ3) is 4.14. The molecule has 2 aromatic rings. The van der Waals surface area contributed by atoms with Crippen LogP contribution in [0.5, 0.6) is 0 Å². The lowest BCUT2D eigenvalue weighted by Crippen LogP contribution is -2.38. The molecular weight excluding hydrogens is 317 g/mol. The average Bonchev–Trinajstić information content (AvgIpc) is 2.47. The van der Waals surface area contributed by atoms with Gasteiger partial charge in [-0.25, -0.2) is 8.78 Å². The fourth-order valence-electron chi connectivity index (χ4n) is 2.11. The second-order valence-corrected chi connectivity index (χ2v) is 5.55. The molecule has 2 nitrogen and oxygen atoms in total. The molecule has 112 valence electrons. The van der Waals surface area contributed by atoms with E-state index in [2.05, 4.69) is 5.43 Å². The normalized spacial score (nSPS) is 12.4. The van der Waals surface area contributed by atoms with Gasteiger partial charge in [0.15, 0.2) is 0 Å². The summed E-state index contributed by atoms with van der Waals surface area (Å²) in [4.78, 5) is 0. The molecule has 0 bridgehead atoms. The third-order valence-electron chi connectivity index (χ3n) is 3.20. The van der Waals surface area contributed by atoms with Crippen molar-refractivity contribution in [2.24, 2.45) is 5.84 Å². The first-order chi connectivity index (χ1) is 10.0. The number of hydrogen-bond donors (Lipinski definition) is 2. The lowest BCUT2D eigenvalue weighted by Gasteiger charge is -2.17. The van der Waals surface area contributed by atoms with E-state index >= 15 is 0 Å². The van der Waals surface area contributed by atoms with Crippen LogP contribution < -0.4 is 11.3 Å².